The van der Waals surface area contributed by atoms with Gasteiger partial charge in [-0.2, -0.15) is 0 Å². The van der Waals surface area contributed by atoms with Gasteiger partial charge in [-0.25, -0.2) is 0 Å². The van der Waals surface area contributed by atoms with Crippen molar-refractivity contribution in [1.29, 1.82) is 0 Å². The minimum absolute atomic E-state index is 0.0635. The maximum absolute atomic E-state index is 10.8. The van der Waals surface area contributed by atoms with Crippen molar-refractivity contribution in [3.63, 3.8) is 0 Å². The van der Waals surface area contributed by atoms with Gasteiger partial charge in [0.25, 0.3) is 0 Å². The van der Waals surface area contributed by atoms with Gasteiger partial charge in [-0.15, -0.1) is 0 Å². The van der Waals surface area contributed by atoms with E-state index in [2.05, 4.69) is 0 Å². The Morgan fingerprint density at radius 2 is 1.94 bits per heavy atom. The lowest BCUT2D eigenvalue weighted by Crippen LogP contribution is -2.25. The topological polar surface area (TPSA) is 78.3 Å². The summed E-state index contributed by atoms with van der Waals surface area (Å²) in [6, 6.07) is 7.67. The Morgan fingerprint density at radius 3 is 2.41 bits per heavy atom. The second-order valence-corrected chi connectivity index (χ2v) is 4.20. The zero-order valence-electron chi connectivity index (χ0n) is 10.3. The van der Waals surface area contributed by atoms with Crippen LogP contribution in [0.2, 0.25) is 0 Å². The molecule has 0 saturated heterocycles. The van der Waals surface area contributed by atoms with Crippen LogP contribution in [-0.4, -0.2) is 12.5 Å². The third kappa shape index (κ3) is 4.07. The quantitative estimate of drug-likeness (QED) is 0.787. The smallest absolute Gasteiger partial charge is 0.223 e. The number of amides is 1. The fraction of sp³-hybridized carbons (Fsp3) is 0.462. The molecule has 0 aromatic heterocycles. The molecule has 4 N–H and O–H groups in total. The second-order valence-electron chi connectivity index (χ2n) is 4.20. The van der Waals surface area contributed by atoms with E-state index in [1.54, 1.807) is 6.92 Å². The molecule has 17 heavy (non-hydrogen) atoms. The number of carbonyl (C=O) groups is 1. The summed E-state index contributed by atoms with van der Waals surface area (Å²) in [5.74, 6) is 0.0901. The summed E-state index contributed by atoms with van der Waals surface area (Å²) >= 11 is 0. The minimum atomic E-state index is -0.352. The van der Waals surface area contributed by atoms with E-state index in [1.807, 2.05) is 31.2 Å². The summed E-state index contributed by atoms with van der Waals surface area (Å²) in [5, 5.41) is 0. The van der Waals surface area contributed by atoms with Gasteiger partial charge >= 0.3 is 0 Å². The predicted molar refractivity (Wildman–Crippen MR) is 67.5 cm³/mol. The van der Waals surface area contributed by atoms with Crippen LogP contribution in [0, 0.1) is 5.92 Å². The molecule has 1 rings (SSSR count). The van der Waals surface area contributed by atoms with Crippen molar-refractivity contribution in [2.24, 2.45) is 17.4 Å². The van der Waals surface area contributed by atoms with Gasteiger partial charge in [0.1, 0.15) is 5.75 Å². The molecule has 1 aromatic carbocycles. The molecule has 0 aliphatic rings. The van der Waals surface area contributed by atoms with Gasteiger partial charge in [-0.1, -0.05) is 26.0 Å². The molecule has 0 bridgehead atoms. The van der Waals surface area contributed by atoms with Crippen LogP contribution in [-0.2, 0) is 4.79 Å². The monoisotopic (exact) mass is 236 g/mol. The SMILES string of the molecule is CC[C@@H](N)c1ccc(OCC(C)C(N)=O)cc1. The lowest BCUT2D eigenvalue weighted by atomic mass is 10.1. The van der Waals surface area contributed by atoms with Crippen LogP contribution in [0.4, 0.5) is 0 Å². The minimum Gasteiger partial charge on any atom is -0.493 e. The Bertz CT molecular complexity index is 362. The van der Waals surface area contributed by atoms with Gasteiger partial charge in [-0.3, -0.25) is 4.79 Å². The van der Waals surface area contributed by atoms with Gasteiger partial charge < -0.3 is 16.2 Å². The largest absolute Gasteiger partial charge is 0.493 e. The Kier molecular flexibility index (Phi) is 4.97. The van der Waals surface area contributed by atoms with Crippen molar-refractivity contribution in [1.82, 2.24) is 0 Å². The zero-order chi connectivity index (χ0) is 12.8. The van der Waals surface area contributed by atoms with Crippen LogP contribution >= 0.6 is 0 Å². The average Bonchev–Trinajstić information content (AvgIpc) is 2.35. The van der Waals surface area contributed by atoms with E-state index >= 15 is 0 Å². The molecule has 2 atom stereocenters. The second kappa shape index (κ2) is 6.25. The third-order valence-electron chi connectivity index (χ3n) is 2.73. The van der Waals surface area contributed by atoms with Crippen LogP contribution in [0.3, 0.4) is 0 Å². The number of hydrogen-bond donors (Lipinski definition) is 2. The van der Waals surface area contributed by atoms with Crippen LogP contribution in [0.25, 0.3) is 0 Å². The zero-order valence-corrected chi connectivity index (χ0v) is 10.3. The van der Waals surface area contributed by atoms with Crippen molar-refractivity contribution >= 4 is 5.91 Å². The molecule has 0 heterocycles. The van der Waals surface area contributed by atoms with Gasteiger partial charge in [0.05, 0.1) is 12.5 Å². The summed E-state index contributed by atoms with van der Waals surface area (Å²) in [7, 11) is 0. The van der Waals surface area contributed by atoms with E-state index in [0.29, 0.717) is 6.61 Å². The molecule has 0 saturated carbocycles. The molecule has 1 unspecified atom stereocenters. The highest BCUT2D eigenvalue weighted by Gasteiger charge is 2.09. The molecule has 4 heteroatoms. The molecule has 0 aliphatic carbocycles. The Morgan fingerprint density at radius 1 is 1.35 bits per heavy atom. The average molecular weight is 236 g/mol. The summed E-state index contributed by atoms with van der Waals surface area (Å²) < 4.78 is 5.46. The van der Waals surface area contributed by atoms with Gasteiger partial charge in [0, 0.05) is 6.04 Å². The lowest BCUT2D eigenvalue weighted by molar-refractivity contribution is -0.122. The van der Waals surface area contributed by atoms with E-state index in [1.165, 1.54) is 0 Å². The maximum atomic E-state index is 10.8. The van der Waals surface area contributed by atoms with E-state index in [0.717, 1.165) is 17.7 Å². The van der Waals surface area contributed by atoms with Crippen molar-refractivity contribution < 1.29 is 9.53 Å². The first kappa shape index (κ1) is 13.5. The first-order valence-corrected chi connectivity index (χ1v) is 5.82. The fourth-order valence-electron chi connectivity index (χ4n) is 1.35. The van der Waals surface area contributed by atoms with Crippen molar-refractivity contribution in [2.75, 3.05) is 6.61 Å². The summed E-state index contributed by atoms with van der Waals surface area (Å²) in [6.07, 6.45) is 0.902. The molecular formula is C13H20N2O2. The highest BCUT2D eigenvalue weighted by Crippen LogP contribution is 2.18. The molecule has 0 radical (unpaired) electrons. The number of hydrogen-bond acceptors (Lipinski definition) is 3. The highest BCUT2D eigenvalue weighted by molar-refractivity contribution is 5.76. The number of carbonyl (C=O) groups excluding carboxylic acids is 1. The van der Waals surface area contributed by atoms with Gasteiger partial charge in [-0.05, 0) is 24.1 Å². The van der Waals surface area contributed by atoms with Crippen LogP contribution in [0.5, 0.6) is 5.75 Å². The Labute approximate surface area is 102 Å². The van der Waals surface area contributed by atoms with Crippen LogP contribution in [0.1, 0.15) is 31.9 Å². The standard InChI is InChI=1S/C13H20N2O2/c1-3-12(14)10-4-6-11(7-5-10)17-8-9(2)13(15)16/h4-7,9,12H,3,8,14H2,1-2H3,(H2,15,16)/t9?,12-/m1/s1. The Hall–Kier alpha value is -1.55. The molecule has 4 nitrogen and oxygen atoms in total. The number of ether oxygens (including phenoxy) is 1. The summed E-state index contributed by atoms with van der Waals surface area (Å²) in [4.78, 5) is 10.8. The maximum Gasteiger partial charge on any atom is 0.223 e. The lowest BCUT2D eigenvalue weighted by Gasteiger charge is -2.12. The van der Waals surface area contributed by atoms with Crippen molar-refractivity contribution in [2.45, 2.75) is 26.3 Å². The van der Waals surface area contributed by atoms with Crippen LogP contribution < -0.4 is 16.2 Å². The number of benzene rings is 1. The molecule has 1 aromatic rings. The third-order valence-corrected chi connectivity index (χ3v) is 2.73. The van der Waals surface area contributed by atoms with E-state index in [9.17, 15) is 4.79 Å². The fourth-order valence-corrected chi connectivity index (χ4v) is 1.35. The number of nitrogens with two attached hydrogens (primary N) is 2. The summed E-state index contributed by atoms with van der Waals surface area (Å²) in [6.45, 7) is 4.09. The van der Waals surface area contributed by atoms with E-state index < -0.39 is 0 Å². The molecule has 0 fully saturated rings. The first-order chi connectivity index (χ1) is 8.04. The Balaban J connectivity index is 2.54. The van der Waals surface area contributed by atoms with E-state index in [4.69, 9.17) is 16.2 Å². The van der Waals surface area contributed by atoms with Gasteiger partial charge in [0.15, 0.2) is 0 Å². The first-order valence-electron chi connectivity index (χ1n) is 5.82. The van der Waals surface area contributed by atoms with Crippen molar-refractivity contribution in [3.8, 4) is 5.75 Å². The molecule has 1 amide bonds. The molecular weight excluding hydrogens is 216 g/mol. The molecule has 94 valence electrons. The van der Waals surface area contributed by atoms with Gasteiger partial charge in [0.2, 0.25) is 5.91 Å². The predicted octanol–water partition coefficient (Wildman–Crippen LogP) is 1.60. The number of rotatable bonds is 6. The number of primary amides is 1. The van der Waals surface area contributed by atoms with Crippen LogP contribution in [0.15, 0.2) is 24.3 Å². The highest BCUT2D eigenvalue weighted by atomic mass is 16.5. The van der Waals surface area contributed by atoms with Crippen molar-refractivity contribution in [3.05, 3.63) is 29.8 Å². The molecule has 0 aliphatic heterocycles. The normalized spacial score (nSPS) is 14.1. The molecule has 0 spiro atoms. The van der Waals surface area contributed by atoms with E-state index in [-0.39, 0.29) is 17.9 Å². The summed E-state index contributed by atoms with van der Waals surface area (Å²) in [5.41, 5.74) is 12.1.